The van der Waals surface area contributed by atoms with Gasteiger partial charge in [0.1, 0.15) is 10.5 Å². The molecule has 2 aromatic rings. The standard InChI is InChI=1S/C17H23N5O2S/c1-17(2,22-7-9-24-10-8-22)11-18-16(23)20-14-5-3-13(4-6-14)15-21-19-12-25-15/h3-6,12H,7-11H2,1-2H3,(H2,18,20,23). The number of anilines is 1. The number of ether oxygens (including phenoxy) is 1. The van der Waals surface area contributed by atoms with Gasteiger partial charge in [0, 0.05) is 36.4 Å². The van der Waals surface area contributed by atoms with Crippen LogP contribution < -0.4 is 10.6 Å². The molecule has 0 saturated carbocycles. The van der Waals surface area contributed by atoms with Crippen LogP contribution in [0.5, 0.6) is 0 Å². The van der Waals surface area contributed by atoms with E-state index < -0.39 is 0 Å². The molecule has 1 aromatic heterocycles. The molecule has 2 heterocycles. The van der Waals surface area contributed by atoms with E-state index >= 15 is 0 Å². The fourth-order valence-corrected chi connectivity index (χ4v) is 3.31. The number of hydrogen-bond acceptors (Lipinski definition) is 6. The van der Waals surface area contributed by atoms with Crippen molar-refractivity contribution in [2.75, 3.05) is 38.2 Å². The molecule has 1 saturated heterocycles. The number of rotatable bonds is 5. The highest BCUT2D eigenvalue weighted by Gasteiger charge is 2.28. The summed E-state index contributed by atoms with van der Waals surface area (Å²) in [6.45, 7) is 8.12. The highest BCUT2D eigenvalue weighted by molar-refractivity contribution is 7.12. The van der Waals surface area contributed by atoms with Crippen LogP contribution in [0.4, 0.5) is 10.5 Å². The minimum atomic E-state index is -0.204. The second-order valence-corrected chi connectivity index (χ2v) is 7.37. The lowest BCUT2D eigenvalue weighted by atomic mass is 10.0. The smallest absolute Gasteiger partial charge is 0.319 e. The van der Waals surface area contributed by atoms with Crippen LogP contribution >= 0.6 is 11.3 Å². The van der Waals surface area contributed by atoms with Crippen molar-refractivity contribution in [3.63, 3.8) is 0 Å². The van der Waals surface area contributed by atoms with Gasteiger partial charge in [0.05, 0.1) is 13.2 Å². The zero-order valence-electron chi connectivity index (χ0n) is 14.5. The predicted molar refractivity (Wildman–Crippen MR) is 98.8 cm³/mol. The van der Waals surface area contributed by atoms with Crippen molar-refractivity contribution in [2.24, 2.45) is 0 Å². The number of morpholine rings is 1. The molecule has 1 aliphatic rings. The molecule has 3 rings (SSSR count). The number of hydrogen-bond donors (Lipinski definition) is 2. The maximum absolute atomic E-state index is 12.2. The van der Waals surface area contributed by atoms with Crippen LogP contribution in [0, 0.1) is 0 Å². The highest BCUT2D eigenvalue weighted by Crippen LogP contribution is 2.22. The van der Waals surface area contributed by atoms with Crippen LogP contribution in [0.3, 0.4) is 0 Å². The maximum atomic E-state index is 12.2. The summed E-state index contributed by atoms with van der Waals surface area (Å²) in [5.74, 6) is 0. The van der Waals surface area contributed by atoms with Crippen LogP contribution in [0.15, 0.2) is 29.8 Å². The van der Waals surface area contributed by atoms with Crippen molar-refractivity contribution in [3.05, 3.63) is 29.8 Å². The first-order valence-corrected chi connectivity index (χ1v) is 9.17. The van der Waals surface area contributed by atoms with Crippen molar-refractivity contribution < 1.29 is 9.53 Å². The maximum Gasteiger partial charge on any atom is 0.319 e. The Balaban J connectivity index is 1.50. The first kappa shape index (κ1) is 17.8. The topological polar surface area (TPSA) is 79.4 Å². The van der Waals surface area contributed by atoms with E-state index in [-0.39, 0.29) is 11.6 Å². The summed E-state index contributed by atoms with van der Waals surface area (Å²) >= 11 is 1.48. The molecule has 0 radical (unpaired) electrons. The Morgan fingerprint density at radius 2 is 2.00 bits per heavy atom. The quantitative estimate of drug-likeness (QED) is 0.855. The largest absolute Gasteiger partial charge is 0.379 e. The molecule has 1 aliphatic heterocycles. The minimum Gasteiger partial charge on any atom is -0.379 e. The zero-order chi connectivity index (χ0) is 17.7. The number of aromatic nitrogens is 2. The number of nitrogens with one attached hydrogen (secondary N) is 2. The third kappa shape index (κ3) is 4.75. The van der Waals surface area contributed by atoms with Gasteiger partial charge in [-0.1, -0.05) is 11.3 Å². The van der Waals surface area contributed by atoms with E-state index in [0.717, 1.165) is 42.6 Å². The molecule has 1 aromatic carbocycles. The van der Waals surface area contributed by atoms with Crippen LogP contribution in [0.2, 0.25) is 0 Å². The van der Waals surface area contributed by atoms with Crippen LogP contribution in [0.1, 0.15) is 13.8 Å². The molecule has 7 nitrogen and oxygen atoms in total. The number of nitrogens with zero attached hydrogens (tertiary/aromatic N) is 3. The van der Waals surface area contributed by atoms with Gasteiger partial charge in [-0.05, 0) is 38.1 Å². The number of carbonyl (C=O) groups excluding carboxylic acids is 1. The number of carbonyl (C=O) groups is 1. The molecular weight excluding hydrogens is 338 g/mol. The molecule has 0 aliphatic carbocycles. The van der Waals surface area contributed by atoms with Crippen molar-refractivity contribution >= 4 is 23.1 Å². The Morgan fingerprint density at radius 1 is 1.28 bits per heavy atom. The molecular formula is C17H23N5O2S. The lowest BCUT2D eigenvalue weighted by Gasteiger charge is -2.40. The zero-order valence-corrected chi connectivity index (χ0v) is 15.3. The Kier molecular flexibility index (Phi) is 5.62. The summed E-state index contributed by atoms with van der Waals surface area (Å²) in [6.07, 6.45) is 0. The monoisotopic (exact) mass is 361 g/mol. The summed E-state index contributed by atoms with van der Waals surface area (Å²) in [4.78, 5) is 14.5. The fraction of sp³-hybridized carbons (Fsp3) is 0.471. The fourth-order valence-electron chi connectivity index (χ4n) is 2.75. The summed E-state index contributed by atoms with van der Waals surface area (Å²) in [5, 5.41) is 14.6. The normalized spacial score (nSPS) is 15.8. The Hall–Kier alpha value is -2.03. The lowest BCUT2D eigenvalue weighted by molar-refractivity contribution is -0.00863. The van der Waals surface area contributed by atoms with E-state index in [4.69, 9.17) is 4.74 Å². The molecule has 0 bridgehead atoms. The molecule has 0 atom stereocenters. The Morgan fingerprint density at radius 3 is 2.64 bits per heavy atom. The van der Waals surface area contributed by atoms with E-state index in [0.29, 0.717) is 6.54 Å². The molecule has 2 N–H and O–H groups in total. The molecule has 0 spiro atoms. The van der Waals surface area contributed by atoms with Gasteiger partial charge in [0.2, 0.25) is 0 Å². The van der Waals surface area contributed by atoms with Crippen molar-refractivity contribution in [1.82, 2.24) is 20.4 Å². The average molecular weight is 361 g/mol. The average Bonchev–Trinajstić information content (AvgIpc) is 3.16. The number of amides is 2. The van der Waals surface area contributed by atoms with E-state index in [1.54, 1.807) is 5.51 Å². The SMILES string of the molecule is CC(C)(CNC(=O)Nc1ccc(-c2nncs2)cc1)N1CCOCC1. The van der Waals surface area contributed by atoms with Gasteiger partial charge >= 0.3 is 6.03 Å². The van der Waals surface area contributed by atoms with Crippen LogP contribution in [-0.4, -0.2) is 59.5 Å². The van der Waals surface area contributed by atoms with Gasteiger partial charge in [-0.15, -0.1) is 10.2 Å². The van der Waals surface area contributed by atoms with Gasteiger partial charge in [-0.2, -0.15) is 0 Å². The summed E-state index contributed by atoms with van der Waals surface area (Å²) in [5.41, 5.74) is 3.32. The van der Waals surface area contributed by atoms with E-state index in [1.165, 1.54) is 11.3 Å². The molecule has 0 unspecified atom stereocenters. The van der Waals surface area contributed by atoms with Gasteiger partial charge in [0.15, 0.2) is 0 Å². The van der Waals surface area contributed by atoms with Crippen molar-refractivity contribution in [3.8, 4) is 10.6 Å². The Bertz CT molecular complexity index is 682. The number of benzene rings is 1. The first-order valence-electron chi connectivity index (χ1n) is 8.29. The molecule has 134 valence electrons. The Labute approximate surface area is 151 Å². The van der Waals surface area contributed by atoms with Crippen molar-refractivity contribution in [2.45, 2.75) is 19.4 Å². The van der Waals surface area contributed by atoms with Crippen LogP contribution in [0.25, 0.3) is 10.6 Å². The molecule has 1 fully saturated rings. The summed E-state index contributed by atoms with van der Waals surface area (Å²) in [7, 11) is 0. The molecule has 2 amide bonds. The van der Waals surface area contributed by atoms with Gasteiger partial charge in [-0.25, -0.2) is 4.79 Å². The molecule has 8 heteroatoms. The van der Waals surface area contributed by atoms with E-state index in [1.807, 2.05) is 24.3 Å². The first-order chi connectivity index (χ1) is 12.0. The third-order valence-corrected chi connectivity index (χ3v) is 5.04. The second-order valence-electron chi connectivity index (χ2n) is 6.54. The summed E-state index contributed by atoms with van der Waals surface area (Å²) in [6, 6.07) is 7.37. The van der Waals surface area contributed by atoms with Gasteiger partial charge in [-0.3, -0.25) is 4.90 Å². The van der Waals surface area contributed by atoms with Crippen LogP contribution in [-0.2, 0) is 4.74 Å². The lowest BCUT2D eigenvalue weighted by Crippen LogP contribution is -2.55. The van der Waals surface area contributed by atoms with E-state index in [9.17, 15) is 4.79 Å². The molecule has 25 heavy (non-hydrogen) atoms. The highest BCUT2D eigenvalue weighted by atomic mass is 32.1. The third-order valence-electron chi connectivity index (χ3n) is 4.30. The minimum absolute atomic E-state index is 0.108. The number of urea groups is 1. The van der Waals surface area contributed by atoms with Gasteiger partial charge in [0.25, 0.3) is 0 Å². The predicted octanol–water partition coefficient (Wildman–Crippen LogP) is 2.44. The summed E-state index contributed by atoms with van der Waals surface area (Å²) < 4.78 is 5.39. The van der Waals surface area contributed by atoms with Crippen molar-refractivity contribution in [1.29, 1.82) is 0 Å². The van der Waals surface area contributed by atoms with E-state index in [2.05, 4.69) is 39.6 Å². The second kappa shape index (κ2) is 7.90. The van der Waals surface area contributed by atoms with Gasteiger partial charge < -0.3 is 15.4 Å².